The molecule has 0 aromatic heterocycles. The Bertz CT molecular complexity index is 607. The summed E-state index contributed by atoms with van der Waals surface area (Å²) in [5, 5.41) is 3.83. The fourth-order valence-corrected chi connectivity index (χ4v) is 2.30. The molecule has 0 unspecified atom stereocenters. The first kappa shape index (κ1) is 10.4. The van der Waals surface area contributed by atoms with Crippen LogP contribution in [0.25, 0.3) is 0 Å². The first-order chi connectivity index (χ1) is 8.25. The van der Waals surface area contributed by atoms with Crippen molar-refractivity contribution in [1.82, 2.24) is 0 Å². The minimum Gasteiger partial charge on any atom is -0.353 e. The van der Waals surface area contributed by atoms with Gasteiger partial charge in [-0.1, -0.05) is 35.9 Å². The van der Waals surface area contributed by atoms with Crippen molar-refractivity contribution in [3.05, 3.63) is 58.6 Å². The second kappa shape index (κ2) is 3.90. The summed E-state index contributed by atoms with van der Waals surface area (Å²) in [5.41, 5.74) is 3.33. The number of carbonyl (C=O) groups excluding carboxylic acids is 1. The lowest BCUT2D eigenvalue weighted by molar-refractivity contribution is 0.0994. The number of carbonyl (C=O) groups is 1. The first-order valence-corrected chi connectivity index (χ1v) is 5.80. The molecule has 0 saturated carbocycles. The van der Waals surface area contributed by atoms with E-state index in [2.05, 4.69) is 5.32 Å². The lowest BCUT2D eigenvalue weighted by Gasteiger charge is -2.10. The van der Waals surface area contributed by atoms with Gasteiger partial charge in [-0.3, -0.25) is 4.79 Å². The Labute approximate surface area is 104 Å². The number of hydrogen-bond acceptors (Lipinski definition) is 2. The topological polar surface area (TPSA) is 29.1 Å². The number of nitrogens with one attached hydrogen (secondary N) is 1. The minimum absolute atomic E-state index is 0.0972. The molecule has 2 aromatic carbocycles. The van der Waals surface area contributed by atoms with Crippen molar-refractivity contribution in [3.63, 3.8) is 0 Å². The number of rotatable bonds is 0. The third kappa shape index (κ3) is 1.71. The standard InChI is InChI=1S/C14H10ClNO/c15-11-6-3-5-10-13(17)8-9-4-1-2-7-12(9)16-14(10)11/h1-7,16H,8H2. The number of halogens is 1. The van der Waals surface area contributed by atoms with Crippen molar-refractivity contribution in [2.45, 2.75) is 6.42 Å². The van der Waals surface area contributed by atoms with E-state index in [0.29, 0.717) is 22.7 Å². The SMILES string of the molecule is O=C1Cc2ccccc2Nc2c(Cl)cccc21. The van der Waals surface area contributed by atoms with E-state index in [1.165, 1.54) is 0 Å². The number of ketones is 1. The molecule has 0 saturated heterocycles. The average Bonchev–Trinajstić information content (AvgIpc) is 2.47. The van der Waals surface area contributed by atoms with Gasteiger partial charge in [-0.15, -0.1) is 0 Å². The van der Waals surface area contributed by atoms with E-state index in [0.717, 1.165) is 11.3 Å². The number of Topliss-reactive ketones (excluding diaryl/α,β-unsaturated/α-hetero) is 1. The van der Waals surface area contributed by atoms with Crippen molar-refractivity contribution >= 4 is 28.8 Å². The number of fused-ring (bicyclic) bond motifs is 2. The number of para-hydroxylation sites is 2. The number of anilines is 2. The molecule has 2 aromatic rings. The average molecular weight is 244 g/mol. The van der Waals surface area contributed by atoms with E-state index < -0.39 is 0 Å². The summed E-state index contributed by atoms with van der Waals surface area (Å²) < 4.78 is 0. The molecule has 0 bridgehead atoms. The van der Waals surface area contributed by atoms with Gasteiger partial charge >= 0.3 is 0 Å². The van der Waals surface area contributed by atoms with Crippen LogP contribution in [0.4, 0.5) is 11.4 Å². The molecule has 0 fully saturated rings. The Morgan fingerprint density at radius 1 is 1.06 bits per heavy atom. The zero-order valence-corrected chi connectivity index (χ0v) is 9.79. The molecule has 0 atom stereocenters. The highest BCUT2D eigenvalue weighted by Crippen LogP contribution is 2.34. The summed E-state index contributed by atoms with van der Waals surface area (Å²) in [6.07, 6.45) is 0.413. The molecule has 3 rings (SSSR count). The van der Waals surface area contributed by atoms with Gasteiger partial charge in [-0.25, -0.2) is 0 Å². The monoisotopic (exact) mass is 243 g/mol. The van der Waals surface area contributed by atoms with E-state index in [4.69, 9.17) is 11.6 Å². The molecule has 0 aliphatic carbocycles. The third-order valence-electron chi connectivity index (χ3n) is 2.94. The molecule has 84 valence electrons. The molecule has 17 heavy (non-hydrogen) atoms. The molecule has 3 heteroatoms. The Morgan fingerprint density at radius 3 is 2.76 bits per heavy atom. The second-order valence-corrected chi connectivity index (χ2v) is 4.45. The van der Waals surface area contributed by atoms with Crippen LogP contribution in [0.1, 0.15) is 15.9 Å². The van der Waals surface area contributed by atoms with Gasteiger partial charge in [0.1, 0.15) is 0 Å². The molecule has 2 nitrogen and oxygen atoms in total. The predicted molar refractivity (Wildman–Crippen MR) is 69.2 cm³/mol. The normalized spacial score (nSPS) is 13.4. The van der Waals surface area contributed by atoms with Gasteiger partial charge in [0.05, 0.1) is 10.7 Å². The summed E-state index contributed by atoms with van der Waals surface area (Å²) in [6.45, 7) is 0. The Balaban J connectivity index is 2.22. The molecule has 1 N–H and O–H groups in total. The molecular formula is C14H10ClNO. The molecule has 0 radical (unpaired) electrons. The third-order valence-corrected chi connectivity index (χ3v) is 3.26. The van der Waals surface area contributed by atoms with Gasteiger partial charge in [-0.2, -0.15) is 0 Å². The molecule has 1 heterocycles. The number of hydrogen-bond donors (Lipinski definition) is 1. The highest BCUT2D eigenvalue weighted by molar-refractivity contribution is 6.34. The predicted octanol–water partition coefficient (Wildman–Crippen LogP) is 3.82. The molecule has 1 aliphatic heterocycles. The van der Waals surface area contributed by atoms with Gasteiger partial charge < -0.3 is 5.32 Å². The molecular weight excluding hydrogens is 234 g/mol. The largest absolute Gasteiger partial charge is 0.353 e. The van der Waals surface area contributed by atoms with Gasteiger partial charge in [0, 0.05) is 17.7 Å². The fraction of sp³-hybridized carbons (Fsp3) is 0.0714. The van der Waals surface area contributed by atoms with Gasteiger partial charge in [0.15, 0.2) is 5.78 Å². The van der Waals surface area contributed by atoms with E-state index in [1.54, 1.807) is 12.1 Å². The lowest BCUT2D eigenvalue weighted by Crippen LogP contribution is -2.02. The summed E-state index contributed by atoms with van der Waals surface area (Å²) in [6, 6.07) is 13.2. The van der Waals surface area contributed by atoms with Crippen molar-refractivity contribution < 1.29 is 4.79 Å². The van der Waals surface area contributed by atoms with Crippen LogP contribution >= 0.6 is 11.6 Å². The van der Waals surface area contributed by atoms with Crippen LogP contribution in [0.3, 0.4) is 0 Å². The maximum absolute atomic E-state index is 12.1. The molecule has 1 aliphatic rings. The van der Waals surface area contributed by atoms with Crippen molar-refractivity contribution in [2.24, 2.45) is 0 Å². The minimum atomic E-state index is 0.0972. The van der Waals surface area contributed by atoms with Crippen LogP contribution < -0.4 is 5.32 Å². The maximum Gasteiger partial charge on any atom is 0.169 e. The summed E-state index contributed by atoms with van der Waals surface area (Å²) >= 11 is 6.13. The van der Waals surface area contributed by atoms with E-state index in [1.807, 2.05) is 30.3 Å². The van der Waals surface area contributed by atoms with E-state index >= 15 is 0 Å². The van der Waals surface area contributed by atoms with Crippen LogP contribution in [0, 0.1) is 0 Å². The van der Waals surface area contributed by atoms with Gasteiger partial charge in [0.2, 0.25) is 0 Å². The summed E-state index contributed by atoms with van der Waals surface area (Å²) in [7, 11) is 0. The Morgan fingerprint density at radius 2 is 1.88 bits per heavy atom. The Hall–Kier alpha value is -1.80. The quantitative estimate of drug-likeness (QED) is 0.762. The van der Waals surface area contributed by atoms with Crippen LogP contribution in [0.2, 0.25) is 5.02 Å². The summed E-state index contributed by atoms with van der Waals surface area (Å²) in [5.74, 6) is 0.0972. The summed E-state index contributed by atoms with van der Waals surface area (Å²) in [4.78, 5) is 12.1. The van der Waals surface area contributed by atoms with Crippen LogP contribution in [-0.2, 0) is 6.42 Å². The van der Waals surface area contributed by atoms with Gasteiger partial charge in [-0.05, 0) is 23.8 Å². The number of benzene rings is 2. The van der Waals surface area contributed by atoms with Crippen molar-refractivity contribution in [1.29, 1.82) is 0 Å². The second-order valence-electron chi connectivity index (χ2n) is 4.04. The van der Waals surface area contributed by atoms with Crippen LogP contribution in [-0.4, -0.2) is 5.78 Å². The lowest BCUT2D eigenvalue weighted by atomic mass is 10.0. The highest BCUT2D eigenvalue weighted by atomic mass is 35.5. The maximum atomic E-state index is 12.1. The van der Waals surface area contributed by atoms with Crippen LogP contribution in [0.15, 0.2) is 42.5 Å². The Kier molecular flexibility index (Phi) is 2.37. The fourth-order valence-electron chi connectivity index (χ4n) is 2.08. The van der Waals surface area contributed by atoms with Crippen molar-refractivity contribution in [3.8, 4) is 0 Å². The zero-order valence-electron chi connectivity index (χ0n) is 9.03. The van der Waals surface area contributed by atoms with E-state index in [9.17, 15) is 4.79 Å². The zero-order chi connectivity index (χ0) is 11.8. The highest BCUT2D eigenvalue weighted by Gasteiger charge is 2.20. The van der Waals surface area contributed by atoms with E-state index in [-0.39, 0.29) is 5.78 Å². The smallest absolute Gasteiger partial charge is 0.169 e. The van der Waals surface area contributed by atoms with Crippen LogP contribution in [0.5, 0.6) is 0 Å². The first-order valence-electron chi connectivity index (χ1n) is 5.42. The van der Waals surface area contributed by atoms with Gasteiger partial charge in [0.25, 0.3) is 0 Å². The molecule has 0 spiro atoms. The molecule has 0 amide bonds. The van der Waals surface area contributed by atoms with Crippen molar-refractivity contribution in [2.75, 3.05) is 5.32 Å².